The summed E-state index contributed by atoms with van der Waals surface area (Å²) in [6.45, 7) is 11.0. The van der Waals surface area contributed by atoms with Gasteiger partial charge in [0.2, 0.25) is 5.24 Å². The van der Waals surface area contributed by atoms with Gasteiger partial charge in [-0.05, 0) is 140 Å². The van der Waals surface area contributed by atoms with Gasteiger partial charge in [-0.1, -0.05) is 101 Å². The fourth-order valence-corrected chi connectivity index (χ4v) is 8.66. The van der Waals surface area contributed by atoms with Gasteiger partial charge in [-0.15, -0.1) is 0 Å². The van der Waals surface area contributed by atoms with Crippen molar-refractivity contribution in [2.75, 3.05) is 69.3 Å². The fraction of sp³-hybridized carbons (Fsp3) is 0.587. The van der Waals surface area contributed by atoms with Crippen LogP contribution in [-0.4, -0.2) is 95.0 Å². The van der Waals surface area contributed by atoms with E-state index in [4.69, 9.17) is 48.1 Å². The first-order chi connectivity index (χ1) is 36.6. The summed E-state index contributed by atoms with van der Waals surface area (Å²) in [5, 5.41) is 36.2. The summed E-state index contributed by atoms with van der Waals surface area (Å²) < 4.78 is 47.3. The maximum atomic E-state index is 9.86. The Labute approximate surface area is 521 Å². The van der Waals surface area contributed by atoms with Gasteiger partial charge in [-0.2, -0.15) is 12.8 Å². The third-order valence-corrected chi connectivity index (χ3v) is 12.7. The molecule has 0 aliphatic heterocycles. The number of rotatable bonds is 15. The zero-order chi connectivity index (χ0) is 57.1. The van der Waals surface area contributed by atoms with Crippen molar-refractivity contribution < 1.29 is 84.2 Å². The molecule has 466 valence electrons. The topological polar surface area (TPSA) is 181 Å². The predicted octanol–water partition coefficient (Wildman–Crippen LogP) is 18.9. The van der Waals surface area contributed by atoms with E-state index in [1.165, 1.54) is 155 Å². The van der Waals surface area contributed by atoms with Gasteiger partial charge in [0, 0.05) is 84.5 Å². The van der Waals surface area contributed by atoms with E-state index in [1.54, 1.807) is 53.7 Å². The van der Waals surface area contributed by atoms with Gasteiger partial charge in [0.05, 0.1) is 4.47 Å². The second-order valence-corrected chi connectivity index (χ2v) is 19.1. The molecule has 0 atom stereocenters. The van der Waals surface area contributed by atoms with E-state index in [0.29, 0.717) is 23.3 Å². The predicted molar refractivity (Wildman–Crippen MR) is 340 cm³/mol. The zero-order valence-corrected chi connectivity index (χ0v) is 53.8. The van der Waals surface area contributed by atoms with Crippen LogP contribution in [0.3, 0.4) is 0 Å². The van der Waals surface area contributed by atoms with Gasteiger partial charge in [0.25, 0.3) is 0 Å². The Hall–Kier alpha value is -3.38. The molecule has 14 nitrogen and oxygen atoms in total. The monoisotopic (exact) mass is 1340 g/mol. The third-order valence-electron chi connectivity index (χ3n) is 11.7. The van der Waals surface area contributed by atoms with Crippen LogP contribution < -0.4 is 18.9 Å². The molecule has 0 unspecified atom stereocenters. The molecule has 3 fully saturated rings. The molecule has 0 radical (unpaired) electrons. The van der Waals surface area contributed by atoms with Gasteiger partial charge in [0.15, 0.2) is 27.2 Å². The Kier molecular flexibility index (Phi) is 62.6. The molecule has 18 heteroatoms. The summed E-state index contributed by atoms with van der Waals surface area (Å²) in [6, 6.07) is 16.8. The van der Waals surface area contributed by atoms with Crippen LogP contribution in [0.1, 0.15) is 187 Å². The molecule has 81 heavy (non-hydrogen) atoms. The van der Waals surface area contributed by atoms with Crippen LogP contribution >= 0.6 is 41.2 Å². The number of ether oxygens (including phenoxy) is 9. The molecular weight excluding hydrogens is 1240 g/mol. The first-order valence-corrected chi connectivity index (χ1v) is 33.8. The number of hydrogen-bond donors (Lipinski definition) is 4. The van der Waals surface area contributed by atoms with E-state index in [2.05, 4.69) is 65.3 Å². The van der Waals surface area contributed by atoms with E-state index in [1.807, 2.05) is 32.9 Å². The van der Waals surface area contributed by atoms with E-state index >= 15 is 0 Å². The Morgan fingerprint density at radius 3 is 1.27 bits per heavy atom. The van der Waals surface area contributed by atoms with Crippen LogP contribution in [0, 0.1) is 27.2 Å². The number of halogens is 3. The van der Waals surface area contributed by atoms with Gasteiger partial charge in [-0.25, -0.2) is 0 Å². The molecule has 0 spiro atoms. The number of carbonyl (C=O) groups excluding carboxylic acids is 1. The Balaban J connectivity index is -0.000000213. The van der Waals surface area contributed by atoms with Crippen molar-refractivity contribution in [1.29, 1.82) is 0 Å². The van der Waals surface area contributed by atoms with Crippen molar-refractivity contribution >= 4 is 46.4 Å². The minimum absolute atomic E-state index is 0. The summed E-state index contributed by atoms with van der Waals surface area (Å²) in [5.41, 5.74) is 5.63. The number of phenols is 4. The standard InChI is InChI=1S/C17H26O4.C13H18O2.C11H15BrO4.C6H6O2.C6H11.C3H8O.C2H3ClO.5CH4.BrH.Zn/c1-13-9-15(20-11-18-2)10-16(21-12-19-3)17(13)14-7-5-4-6-8-14;1-9-7-11(14)8-12(15)13(9)10-5-3-2-4-6-10;1-8-4-9(15-6-13-2)5-10(11(8)12)16-7-14-3;7-5-2-1-3-6(8)4-5;1-2-4-6-5-3-1;1-3-4-2;1-2(3)4;;;;;;;/h9-10,14H,4-8,11-12H2,1-3H3;7-8,10,14-15H,2-6H2,1H3;4-5H,6-7H2,1-3H3;1-4,7-8H;1H,2-6H2;3H2,1-2H3;1H3;5*1H4;1H;/q;;;;-1;;;;;;;;;+2/p-1. The third kappa shape index (κ3) is 41.3. The molecule has 0 saturated heterocycles. The average Bonchev–Trinajstić information content (AvgIpc) is 3.41. The zero-order valence-electron chi connectivity index (χ0n) is 46.9. The molecule has 7 rings (SSSR count). The summed E-state index contributed by atoms with van der Waals surface area (Å²) in [7, 11) is 8.09. The molecule has 3 aliphatic rings. The van der Waals surface area contributed by atoms with Crippen LogP contribution in [-0.2, 0) is 44.8 Å². The van der Waals surface area contributed by atoms with E-state index in [0.717, 1.165) is 39.3 Å². The molecule has 0 heterocycles. The van der Waals surface area contributed by atoms with E-state index in [9.17, 15) is 15.0 Å². The molecule has 0 amide bonds. The van der Waals surface area contributed by atoms with E-state index in [-0.39, 0.29) is 92.5 Å². The summed E-state index contributed by atoms with van der Waals surface area (Å²) in [4.78, 5) is 9.21. The Bertz CT molecular complexity index is 2050. The molecule has 4 N–H and O–H groups in total. The van der Waals surface area contributed by atoms with Crippen molar-refractivity contribution in [1.82, 2.24) is 0 Å². The van der Waals surface area contributed by atoms with Crippen LogP contribution in [0.2, 0.25) is 0 Å². The van der Waals surface area contributed by atoms with Crippen molar-refractivity contribution in [3.8, 4) is 46.0 Å². The van der Waals surface area contributed by atoms with Gasteiger partial charge >= 0.3 is 30.0 Å². The second-order valence-electron chi connectivity index (χ2n) is 17.8. The number of aromatic hydroxyl groups is 4. The molecule has 3 aliphatic carbocycles. The van der Waals surface area contributed by atoms with Crippen LogP contribution in [0.15, 0.2) is 65.1 Å². The number of phenolic OH excluding ortho intramolecular Hbond substituents is 4. The summed E-state index contributed by atoms with van der Waals surface area (Å²) in [5.74, 6) is 4.72. The Morgan fingerprint density at radius 1 is 0.543 bits per heavy atom. The Morgan fingerprint density at radius 2 is 0.914 bits per heavy atom. The molecule has 0 bridgehead atoms. The van der Waals surface area contributed by atoms with Gasteiger partial charge in [0.1, 0.15) is 46.0 Å². The molecule has 4 aromatic rings. The normalized spacial score (nSPS) is 12.9. The van der Waals surface area contributed by atoms with Crippen molar-refractivity contribution in [3.63, 3.8) is 0 Å². The quantitative estimate of drug-likeness (QED) is 0.0382. The maximum absolute atomic E-state index is 9.86. The number of aryl methyl sites for hydroxylation is 3. The first kappa shape index (κ1) is 88.8. The van der Waals surface area contributed by atoms with Gasteiger partial charge in [-0.3, -0.25) is 4.79 Å². The van der Waals surface area contributed by atoms with Gasteiger partial charge < -0.3 is 69.5 Å². The molecule has 3 saturated carbocycles. The first-order valence-electron chi connectivity index (χ1n) is 25.7. The number of benzene rings is 4. The molecule has 0 aromatic heterocycles. The average molecular weight is 1350 g/mol. The van der Waals surface area contributed by atoms with Crippen LogP contribution in [0.5, 0.6) is 46.0 Å². The SMILES string of the molecule is C.C.C.C.C.CC(=O)Cl.CCOC.COCOc1cc(C)c(Br)c(OCOC)c1.COCOc1cc(C)c(C2CCCCC2)c(OCOC)c1.Cc1cc(O)cc(O)c1C1CCCCC1.Oc1cccc(O)c1.[CH-]1CCCCC1.[Zn+][Br]. The second kappa shape index (κ2) is 57.1. The summed E-state index contributed by atoms with van der Waals surface area (Å²) >= 11 is 12.3. The van der Waals surface area contributed by atoms with Crippen molar-refractivity contribution in [3.05, 3.63) is 99.4 Å². The van der Waals surface area contributed by atoms with Crippen molar-refractivity contribution in [2.45, 2.75) is 180 Å². The molecular formula is C63H107Br2ClO14Zn. The van der Waals surface area contributed by atoms with Crippen LogP contribution in [0.25, 0.3) is 0 Å². The van der Waals surface area contributed by atoms with Crippen LogP contribution in [0.4, 0.5) is 0 Å². The van der Waals surface area contributed by atoms with E-state index < -0.39 is 0 Å². The molecule has 4 aromatic carbocycles. The fourth-order valence-electron chi connectivity index (χ4n) is 8.32. The minimum atomic E-state index is -0.361. The number of methoxy groups -OCH3 is 5. The summed E-state index contributed by atoms with van der Waals surface area (Å²) in [6.07, 6.45) is 22.1. The number of carbonyl (C=O) groups is 1. The van der Waals surface area contributed by atoms with Crippen molar-refractivity contribution in [2.24, 2.45) is 0 Å². The number of hydrogen-bond acceptors (Lipinski definition) is 14.